The van der Waals surface area contributed by atoms with Crippen molar-refractivity contribution in [1.29, 1.82) is 0 Å². The van der Waals surface area contributed by atoms with E-state index in [1.807, 2.05) is 30.3 Å². The Kier molecular flexibility index (Phi) is 9.76. The molecule has 0 saturated carbocycles. The Hall–Kier alpha value is -3.14. The molecule has 4 amide bonds. The quantitative estimate of drug-likeness (QED) is 0.360. The molecule has 2 rings (SSSR count). The number of likely N-dealkylation sites (tertiary alicyclic amines) is 1. The molecular formula is C21H31N5O5. The number of nitrogens with two attached hydrogens (primary N) is 2. The van der Waals surface area contributed by atoms with Crippen LogP contribution in [0.5, 0.6) is 0 Å². The third-order valence-corrected chi connectivity index (χ3v) is 5.01. The van der Waals surface area contributed by atoms with Crippen LogP contribution in [-0.2, 0) is 25.7 Å². The number of nitrogens with one attached hydrogen (secondary N) is 2. The van der Waals surface area contributed by atoms with Crippen LogP contribution in [0.3, 0.4) is 0 Å². The van der Waals surface area contributed by atoms with Gasteiger partial charge >= 0.3 is 6.09 Å². The first-order chi connectivity index (χ1) is 14.9. The molecule has 0 unspecified atom stereocenters. The number of unbranched alkanes of at least 4 members (excludes halogenated alkanes) is 1. The molecule has 170 valence electrons. The number of primary amides is 1. The second-order valence-corrected chi connectivity index (χ2v) is 7.42. The minimum absolute atomic E-state index is 0.113. The lowest BCUT2D eigenvalue weighted by Crippen LogP contribution is -2.53. The number of amides is 4. The highest BCUT2D eigenvalue weighted by Gasteiger charge is 2.36. The second-order valence-electron chi connectivity index (χ2n) is 7.42. The van der Waals surface area contributed by atoms with E-state index in [-0.39, 0.29) is 13.2 Å². The second kappa shape index (κ2) is 12.5. The first-order valence-corrected chi connectivity index (χ1v) is 10.5. The lowest BCUT2D eigenvalue weighted by Gasteiger charge is -2.26. The van der Waals surface area contributed by atoms with Gasteiger partial charge in [-0.2, -0.15) is 0 Å². The molecule has 2 atom stereocenters. The van der Waals surface area contributed by atoms with Crippen molar-refractivity contribution >= 4 is 23.8 Å². The van der Waals surface area contributed by atoms with Gasteiger partial charge in [-0.05, 0) is 44.2 Å². The predicted molar refractivity (Wildman–Crippen MR) is 113 cm³/mol. The number of hydrogen-bond acceptors (Lipinski definition) is 6. The van der Waals surface area contributed by atoms with Crippen molar-refractivity contribution in [2.75, 3.05) is 19.6 Å². The van der Waals surface area contributed by atoms with Crippen LogP contribution in [0.15, 0.2) is 30.3 Å². The van der Waals surface area contributed by atoms with E-state index in [0.29, 0.717) is 45.2 Å². The first kappa shape index (κ1) is 24.1. The van der Waals surface area contributed by atoms with Crippen LogP contribution in [0.4, 0.5) is 4.79 Å². The summed E-state index contributed by atoms with van der Waals surface area (Å²) in [5.74, 6) is -1.61. The van der Waals surface area contributed by atoms with Gasteiger partial charge in [-0.1, -0.05) is 30.3 Å². The minimum Gasteiger partial charge on any atom is -0.445 e. The Morgan fingerprint density at radius 1 is 1.16 bits per heavy atom. The molecule has 0 radical (unpaired) electrons. The maximum Gasteiger partial charge on any atom is 0.410 e. The molecule has 1 heterocycles. The molecular weight excluding hydrogens is 402 g/mol. The summed E-state index contributed by atoms with van der Waals surface area (Å²) in [6.07, 6.45) is 2.24. The Balaban J connectivity index is 1.95. The van der Waals surface area contributed by atoms with E-state index in [2.05, 4.69) is 10.6 Å². The van der Waals surface area contributed by atoms with Crippen LogP contribution in [0.25, 0.3) is 0 Å². The van der Waals surface area contributed by atoms with Crippen LogP contribution in [0.2, 0.25) is 0 Å². The molecule has 0 bridgehead atoms. The van der Waals surface area contributed by atoms with Gasteiger partial charge in [-0.3, -0.25) is 19.3 Å². The molecule has 10 heteroatoms. The fraction of sp³-hybridized carbons (Fsp3) is 0.524. The maximum atomic E-state index is 12.9. The normalized spacial score (nSPS) is 16.4. The van der Waals surface area contributed by atoms with E-state index >= 15 is 0 Å². The van der Waals surface area contributed by atoms with E-state index in [1.54, 1.807) is 0 Å². The summed E-state index contributed by atoms with van der Waals surface area (Å²) in [5, 5.41) is 5.12. The Morgan fingerprint density at radius 3 is 2.58 bits per heavy atom. The zero-order chi connectivity index (χ0) is 22.6. The summed E-state index contributed by atoms with van der Waals surface area (Å²) >= 11 is 0. The molecule has 1 aromatic rings. The molecule has 31 heavy (non-hydrogen) atoms. The van der Waals surface area contributed by atoms with Crippen LogP contribution < -0.4 is 22.1 Å². The van der Waals surface area contributed by atoms with E-state index in [9.17, 15) is 19.2 Å². The topological polar surface area (TPSA) is 157 Å². The molecule has 0 aliphatic carbocycles. The number of rotatable bonds is 11. The summed E-state index contributed by atoms with van der Waals surface area (Å²) in [7, 11) is 0. The molecule has 1 aliphatic heterocycles. The largest absolute Gasteiger partial charge is 0.445 e. The Morgan fingerprint density at radius 2 is 1.90 bits per heavy atom. The number of carbonyl (C=O) groups excluding carboxylic acids is 4. The molecule has 0 spiro atoms. The van der Waals surface area contributed by atoms with Crippen molar-refractivity contribution in [3.8, 4) is 0 Å². The maximum absolute atomic E-state index is 12.9. The SMILES string of the molecule is NCCCC[C@H](NC(=O)[C@@H]1CCCN1C(=O)OCc1ccccc1)C(=O)NCC(N)=O. The van der Waals surface area contributed by atoms with Crippen molar-refractivity contribution < 1.29 is 23.9 Å². The Bertz CT molecular complexity index is 758. The molecule has 10 nitrogen and oxygen atoms in total. The van der Waals surface area contributed by atoms with E-state index in [0.717, 1.165) is 5.56 Å². The molecule has 6 N–H and O–H groups in total. The number of carbonyl (C=O) groups is 4. The van der Waals surface area contributed by atoms with Crippen LogP contribution >= 0.6 is 0 Å². The van der Waals surface area contributed by atoms with Gasteiger partial charge in [-0.15, -0.1) is 0 Å². The van der Waals surface area contributed by atoms with Crippen molar-refractivity contribution in [2.45, 2.75) is 50.8 Å². The smallest absolute Gasteiger partial charge is 0.410 e. The average Bonchev–Trinajstić information content (AvgIpc) is 3.26. The number of ether oxygens (including phenoxy) is 1. The fourth-order valence-corrected chi connectivity index (χ4v) is 3.39. The van der Waals surface area contributed by atoms with E-state index < -0.39 is 35.9 Å². The molecule has 0 aromatic heterocycles. The first-order valence-electron chi connectivity index (χ1n) is 10.5. The van der Waals surface area contributed by atoms with Gasteiger partial charge < -0.3 is 26.8 Å². The highest BCUT2D eigenvalue weighted by Crippen LogP contribution is 2.19. The molecule has 1 aromatic carbocycles. The lowest BCUT2D eigenvalue weighted by molar-refractivity contribution is -0.132. The summed E-state index contributed by atoms with van der Waals surface area (Å²) in [6, 6.07) is 7.70. The van der Waals surface area contributed by atoms with Gasteiger partial charge in [0.25, 0.3) is 0 Å². The van der Waals surface area contributed by atoms with Crippen molar-refractivity contribution in [3.05, 3.63) is 35.9 Å². The van der Waals surface area contributed by atoms with Gasteiger partial charge in [-0.25, -0.2) is 4.79 Å². The third-order valence-electron chi connectivity index (χ3n) is 5.01. The van der Waals surface area contributed by atoms with Gasteiger partial charge in [0.15, 0.2) is 0 Å². The standard InChI is InChI=1S/C21H31N5O5/c22-11-5-4-9-16(19(28)24-13-18(23)27)25-20(29)17-10-6-12-26(17)21(30)31-14-15-7-2-1-3-8-15/h1-3,7-8,16-17H,4-6,9-14,22H2,(H2,23,27)(H,24,28)(H,25,29)/t16-,17-/m0/s1. The number of benzene rings is 1. The summed E-state index contributed by atoms with van der Waals surface area (Å²) in [5.41, 5.74) is 11.4. The van der Waals surface area contributed by atoms with Crippen molar-refractivity contribution in [2.24, 2.45) is 11.5 Å². The van der Waals surface area contributed by atoms with E-state index in [4.69, 9.17) is 16.2 Å². The fourth-order valence-electron chi connectivity index (χ4n) is 3.39. The predicted octanol–water partition coefficient (Wildman–Crippen LogP) is 0.00290. The monoisotopic (exact) mass is 433 g/mol. The van der Waals surface area contributed by atoms with Gasteiger partial charge in [0.05, 0.1) is 6.54 Å². The number of nitrogens with zero attached hydrogens (tertiary/aromatic N) is 1. The van der Waals surface area contributed by atoms with Gasteiger partial charge in [0, 0.05) is 6.54 Å². The zero-order valence-corrected chi connectivity index (χ0v) is 17.5. The van der Waals surface area contributed by atoms with Crippen LogP contribution in [0, 0.1) is 0 Å². The molecule has 1 fully saturated rings. The highest BCUT2D eigenvalue weighted by molar-refractivity contribution is 5.92. The summed E-state index contributed by atoms with van der Waals surface area (Å²) < 4.78 is 5.35. The third kappa shape index (κ3) is 7.89. The summed E-state index contributed by atoms with van der Waals surface area (Å²) in [4.78, 5) is 50.1. The molecule has 1 saturated heterocycles. The van der Waals surface area contributed by atoms with Gasteiger partial charge in [0.2, 0.25) is 17.7 Å². The van der Waals surface area contributed by atoms with Crippen molar-refractivity contribution in [1.82, 2.24) is 15.5 Å². The van der Waals surface area contributed by atoms with Crippen LogP contribution in [0.1, 0.15) is 37.7 Å². The Labute approximate surface area is 181 Å². The number of hydrogen-bond donors (Lipinski definition) is 4. The highest BCUT2D eigenvalue weighted by atomic mass is 16.6. The summed E-state index contributed by atoms with van der Waals surface area (Å²) in [6.45, 7) is 0.663. The average molecular weight is 434 g/mol. The zero-order valence-electron chi connectivity index (χ0n) is 17.5. The van der Waals surface area contributed by atoms with Gasteiger partial charge in [0.1, 0.15) is 18.7 Å². The van der Waals surface area contributed by atoms with Crippen LogP contribution in [-0.4, -0.2) is 60.4 Å². The lowest BCUT2D eigenvalue weighted by atomic mass is 10.1. The minimum atomic E-state index is -0.846. The van der Waals surface area contributed by atoms with Crippen molar-refractivity contribution in [3.63, 3.8) is 0 Å². The molecule has 1 aliphatic rings. The van der Waals surface area contributed by atoms with E-state index in [1.165, 1.54) is 4.90 Å².